The molecule has 0 saturated heterocycles. The maximum Gasteiger partial charge on any atom is 0.349 e. The van der Waals surface area contributed by atoms with Crippen LogP contribution in [0.3, 0.4) is 0 Å². The normalized spacial score (nSPS) is 11.2. The summed E-state index contributed by atoms with van der Waals surface area (Å²) in [6, 6.07) is 36.7. The van der Waals surface area contributed by atoms with Crippen LogP contribution in [-0.4, -0.2) is 25.2 Å². The highest BCUT2D eigenvalue weighted by Crippen LogP contribution is 2.46. The lowest BCUT2D eigenvalue weighted by atomic mass is 10.0. The molecule has 0 amide bonds. The van der Waals surface area contributed by atoms with Gasteiger partial charge in [0.15, 0.2) is 13.2 Å². The van der Waals surface area contributed by atoms with E-state index in [-0.39, 0.29) is 6.61 Å². The maximum absolute atomic E-state index is 13.0. The fourth-order valence-corrected chi connectivity index (χ4v) is 6.00. The van der Waals surface area contributed by atoms with Gasteiger partial charge in [-0.3, -0.25) is 0 Å². The molecule has 8 heteroatoms. The molecule has 0 atom stereocenters. The number of ether oxygens (including phenoxy) is 4. The van der Waals surface area contributed by atoms with Crippen LogP contribution in [0.2, 0.25) is 10.0 Å². The van der Waals surface area contributed by atoms with E-state index in [4.69, 9.17) is 42.1 Å². The van der Waals surface area contributed by atoms with Gasteiger partial charge in [-0.2, -0.15) is 0 Å². The molecule has 0 aliphatic carbocycles. The van der Waals surface area contributed by atoms with Crippen molar-refractivity contribution in [1.82, 2.24) is 0 Å². The van der Waals surface area contributed by atoms with Crippen molar-refractivity contribution in [2.75, 3.05) is 13.2 Å². The van der Waals surface area contributed by atoms with Gasteiger partial charge in [-0.25, -0.2) is 9.59 Å². The van der Waals surface area contributed by atoms with Crippen molar-refractivity contribution in [3.05, 3.63) is 131 Å². The molecule has 0 radical (unpaired) electrons. The minimum atomic E-state index is -0.588. The van der Waals surface area contributed by atoms with Gasteiger partial charge in [0.25, 0.3) is 0 Å². The van der Waals surface area contributed by atoms with Crippen LogP contribution in [0, 0.1) is 0 Å². The Balaban J connectivity index is 1.19. The van der Waals surface area contributed by atoms with Crippen molar-refractivity contribution in [3.8, 4) is 23.0 Å². The second kappa shape index (κ2) is 12.6. The average molecular weight is 648 g/mol. The predicted octanol–water partition coefficient (Wildman–Crippen LogP) is 9.57. The molecule has 7 aromatic rings. The molecule has 0 unspecified atom stereocenters. The van der Waals surface area contributed by atoms with Crippen LogP contribution in [-0.2, 0) is 9.59 Å². The topological polar surface area (TPSA) is 71.1 Å². The third kappa shape index (κ3) is 5.76. The number of hydrogen-bond acceptors (Lipinski definition) is 6. The van der Waals surface area contributed by atoms with Crippen LogP contribution in [0.15, 0.2) is 121 Å². The third-order valence-corrected chi connectivity index (χ3v) is 8.12. The summed E-state index contributed by atoms with van der Waals surface area (Å²) in [4.78, 5) is 26.1. The first-order chi connectivity index (χ1) is 22.5. The van der Waals surface area contributed by atoms with Gasteiger partial charge in [0.1, 0.15) is 23.0 Å². The Morgan fingerprint density at radius 1 is 0.500 bits per heavy atom. The highest BCUT2D eigenvalue weighted by Gasteiger charge is 2.21. The highest BCUT2D eigenvalue weighted by molar-refractivity contribution is 6.37. The Labute approximate surface area is 273 Å². The van der Waals surface area contributed by atoms with Gasteiger partial charge in [-0.05, 0) is 47.2 Å². The van der Waals surface area contributed by atoms with Gasteiger partial charge >= 0.3 is 11.9 Å². The minimum absolute atomic E-state index is 0.354. The van der Waals surface area contributed by atoms with E-state index in [0.717, 1.165) is 21.5 Å². The highest BCUT2D eigenvalue weighted by atomic mass is 35.5. The van der Waals surface area contributed by atoms with Crippen LogP contribution < -0.4 is 18.9 Å². The molecular formula is C38H24Cl2O6. The molecule has 226 valence electrons. The van der Waals surface area contributed by atoms with Crippen molar-refractivity contribution in [1.29, 1.82) is 0 Å². The lowest BCUT2D eigenvalue weighted by Crippen LogP contribution is -2.19. The molecule has 0 heterocycles. The zero-order valence-electron chi connectivity index (χ0n) is 24.2. The van der Waals surface area contributed by atoms with Gasteiger partial charge in [0.2, 0.25) is 0 Å². The Hall–Kier alpha value is -5.30. The lowest BCUT2D eigenvalue weighted by Gasteiger charge is -2.18. The standard InChI is InChI=1S/C38H24Cl2O6/c39-25-18-19-28-30(20-25)37(43-21-34(41)45-32-16-5-10-23-8-1-3-12-26(23)32)29-14-7-15-31(40)36(29)38(28)44-22-35(42)46-33-17-6-11-24-9-2-4-13-27(24)33/h1-20H,21-22H2. The summed E-state index contributed by atoms with van der Waals surface area (Å²) in [6.07, 6.45) is 0. The second-order valence-corrected chi connectivity index (χ2v) is 11.3. The second-order valence-electron chi connectivity index (χ2n) is 10.5. The van der Waals surface area contributed by atoms with Gasteiger partial charge in [-0.15, -0.1) is 0 Å². The SMILES string of the molecule is O=C(COc1c2cc(Cl)ccc2c(OCC(=O)Oc2cccc3ccccc23)c2c(Cl)cccc12)Oc1cccc2ccccc12. The lowest BCUT2D eigenvalue weighted by molar-refractivity contribution is -0.137. The van der Waals surface area contributed by atoms with Crippen LogP contribution in [0.25, 0.3) is 43.1 Å². The summed E-state index contributed by atoms with van der Waals surface area (Å²) in [5, 5.41) is 6.57. The first-order valence-electron chi connectivity index (χ1n) is 14.4. The van der Waals surface area contributed by atoms with Crippen LogP contribution >= 0.6 is 23.2 Å². The number of esters is 2. The molecule has 0 fully saturated rings. The quantitative estimate of drug-likeness (QED) is 0.0930. The van der Waals surface area contributed by atoms with Crippen molar-refractivity contribution >= 4 is 78.2 Å². The minimum Gasteiger partial charge on any atom is -0.481 e. The molecule has 6 nitrogen and oxygen atoms in total. The van der Waals surface area contributed by atoms with E-state index in [0.29, 0.717) is 54.6 Å². The molecule has 0 N–H and O–H groups in total. The molecule has 0 aliphatic heterocycles. The summed E-state index contributed by atoms with van der Waals surface area (Å²) in [5.41, 5.74) is 0. The van der Waals surface area contributed by atoms with Gasteiger partial charge in [-0.1, -0.05) is 108 Å². The van der Waals surface area contributed by atoms with E-state index in [9.17, 15) is 9.59 Å². The van der Waals surface area contributed by atoms with Crippen molar-refractivity contribution in [2.24, 2.45) is 0 Å². The van der Waals surface area contributed by atoms with E-state index in [2.05, 4.69) is 0 Å². The van der Waals surface area contributed by atoms with Gasteiger partial charge in [0, 0.05) is 37.3 Å². The summed E-state index contributed by atoms with van der Waals surface area (Å²) in [7, 11) is 0. The molecular weight excluding hydrogens is 623 g/mol. The largest absolute Gasteiger partial charge is 0.481 e. The number of carbonyl (C=O) groups is 2. The van der Waals surface area contributed by atoms with Crippen molar-refractivity contribution < 1.29 is 28.5 Å². The van der Waals surface area contributed by atoms with E-state index < -0.39 is 18.5 Å². The Bertz CT molecular complexity index is 2280. The molecule has 0 saturated carbocycles. The van der Waals surface area contributed by atoms with E-state index in [1.165, 1.54) is 0 Å². The predicted molar refractivity (Wildman–Crippen MR) is 182 cm³/mol. The van der Waals surface area contributed by atoms with E-state index >= 15 is 0 Å². The first kappa shape index (κ1) is 29.4. The van der Waals surface area contributed by atoms with Crippen LogP contribution in [0.1, 0.15) is 0 Å². The summed E-state index contributed by atoms with van der Waals surface area (Å²) in [6.45, 7) is -0.775. The van der Waals surface area contributed by atoms with Crippen LogP contribution in [0.4, 0.5) is 0 Å². The molecule has 7 rings (SSSR count). The fraction of sp³-hybridized carbons (Fsp3) is 0.0526. The summed E-state index contributed by atoms with van der Waals surface area (Å²) < 4.78 is 23.7. The average Bonchev–Trinajstić information content (AvgIpc) is 3.07. The molecule has 0 aromatic heterocycles. The molecule has 46 heavy (non-hydrogen) atoms. The van der Waals surface area contributed by atoms with Gasteiger partial charge < -0.3 is 18.9 Å². The smallest absolute Gasteiger partial charge is 0.349 e. The number of rotatable bonds is 8. The Kier molecular flexibility index (Phi) is 8.06. The molecule has 7 aromatic carbocycles. The summed E-state index contributed by atoms with van der Waals surface area (Å²) >= 11 is 13.2. The maximum atomic E-state index is 13.0. The zero-order chi connectivity index (χ0) is 31.6. The molecule has 0 bridgehead atoms. The van der Waals surface area contributed by atoms with E-state index in [1.54, 1.807) is 48.5 Å². The van der Waals surface area contributed by atoms with Gasteiger partial charge in [0.05, 0.1) is 5.02 Å². The Morgan fingerprint density at radius 2 is 1.02 bits per heavy atom. The van der Waals surface area contributed by atoms with Crippen LogP contribution in [0.5, 0.6) is 23.0 Å². The first-order valence-corrected chi connectivity index (χ1v) is 15.2. The number of hydrogen-bond donors (Lipinski definition) is 0. The monoisotopic (exact) mass is 646 g/mol. The Morgan fingerprint density at radius 3 is 1.65 bits per heavy atom. The third-order valence-electron chi connectivity index (χ3n) is 7.57. The molecule has 0 aliphatic rings. The zero-order valence-corrected chi connectivity index (χ0v) is 25.7. The fourth-order valence-electron chi connectivity index (χ4n) is 5.57. The number of halogens is 2. The number of benzene rings is 7. The van der Waals surface area contributed by atoms with Crippen molar-refractivity contribution in [3.63, 3.8) is 0 Å². The molecule has 0 spiro atoms. The number of carbonyl (C=O) groups excluding carboxylic acids is 2. The van der Waals surface area contributed by atoms with E-state index in [1.807, 2.05) is 72.8 Å². The summed E-state index contributed by atoms with van der Waals surface area (Å²) in [5.74, 6) is 0.425. The number of fused-ring (bicyclic) bond motifs is 4. The van der Waals surface area contributed by atoms with Crippen molar-refractivity contribution in [2.45, 2.75) is 0 Å².